The number of rotatable bonds is 3. The van der Waals surface area contributed by atoms with Crippen molar-refractivity contribution in [2.24, 2.45) is 0 Å². The van der Waals surface area contributed by atoms with Crippen molar-refractivity contribution in [1.29, 1.82) is 0 Å². The van der Waals surface area contributed by atoms with Crippen LogP contribution in [0.1, 0.15) is 5.69 Å². The molecular weight excluding hydrogens is 319 g/mol. The topological polar surface area (TPSA) is 22.1 Å². The molecule has 22 heavy (non-hydrogen) atoms. The maximum absolute atomic E-state index is 13.5. The molecule has 0 saturated heterocycles. The number of alkyl halides is 7. The lowest BCUT2D eigenvalue weighted by molar-refractivity contribution is -0.360. The highest BCUT2D eigenvalue weighted by molar-refractivity contribution is 5.80. The number of methoxy groups -OCH3 is 1. The Morgan fingerprint density at radius 3 is 2.09 bits per heavy atom. The van der Waals surface area contributed by atoms with Gasteiger partial charge in [0.15, 0.2) is 0 Å². The molecule has 0 aliphatic heterocycles. The predicted octanol–water partition coefficient (Wildman–Crippen LogP) is 4.53. The van der Waals surface area contributed by atoms with Crippen molar-refractivity contribution in [3.05, 3.63) is 36.0 Å². The number of nitrogens with zero attached hydrogens (tertiary/aromatic N) is 1. The minimum Gasteiger partial charge on any atom is -0.497 e. The lowest BCUT2D eigenvalue weighted by atomic mass is 10.1. The fraction of sp³-hybridized carbons (Fsp3) is 0.308. The molecule has 1 heterocycles. The zero-order valence-corrected chi connectivity index (χ0v) is 10.9. The molecule has 0 aliphatic rings. The minimum absolute atomic E-state index is 0.157. The third kappa shape index (κ3) is 2.44. The van der Waals surface area contributed by atoms with E-state index in [9.17, 15) is 30.7 Å². The maximum atomic E-state index is 13.5. The molecule has 0 bridgehead atoms. The van der Waals surface area contributed by atoms with E-state index in [0.29, 0.717) is 11.8 Å². The SMILES string of the molecule is COc1ccc2nc(C(F)(F)C(F)(F)C(F)(F)F)ccc2c1. The number of hydrogen-bond acceptors (Lipinski definition) is 2. The molecule has 2 nitrogen and oxygen atoms in total. The van der Waals surface area contributed by atoms with Gasteiger partial charge in [0.2, 0.25) is 0 Å². The number of aromatic nitrogens is 1. The van der Waals surface area contributed by atoms with Crippen molar-refractivity contribution in [2.45, 2.75) is 18.0 Å². The van der Waals surface area contributed by atoms with Gasteiger partial charge in [-0.05, 0) is 24.3 Å². The second-order valence-electron chi connectivity index (χ2n) is 4.40. The minimum atomic E-state index is -6.40. The first-order chi connectivity index (χ1) is 10.0. The molecule has 1 aromatic heterocycles. The van der Waals surface area contributed by atoms with Gasteiger partial charge in [-0.1, -0.05) is 6.07 Å². The molecule has 0 unspecified atom stereocenters. The fourth-order valence-electron chi connectivity index (χ4n) is 1.74. The molecule has 0 radical (unpaired) electrons. The third-order valence-corrected chi connectivity index (χ3v) is 2.97. The summed E-state index contributed by atoms with van der Waals surface area (Å²) in [6.07, 6.45) is -6.40. The zero-order valence-electron chi connectivity index (χ0n) is 10.9. The van der Waals surface area contributed by atoms with Gasteiger partial charge in [0.25, 0.3) is 0 Å². The van der Waals surface area contributed by atoms with Crippen molar-refractivity contribution in [1.82, 2.24) is 4.98 Å². The summed E-state index contributed by atoms with van der Waals surface area (Å²) in [5.41, 5.74) is -1.82. The zero-order chi connectivity index (χ0) is 16.8. The Balaban J connectivity index is 2.54. The number of hydrogen-bond donors (Lipinski definition) is 0. The van der Waals surface area contributed by atoms with Gasteiger partial charge in [-0.3, -0.25) is 0 Å². The van der Waals surface area contributed by atoms with E-state index in [2.05, 4.69) is 4.98 Å². The summed E-state index contributed by atoms with van der Waals surface area (Å²) in [5, 5.41) is 0.259. The summed E-state index contributed by atoms with van der Waals surface area (Å²) in [6.45, 7) is 0. The molecule has 1 aromatic carbocycles. The highest BCUT2D eigenvalue weighted by atomic mass is 19.4. The van der Waals surface area contributed by atoms with E-state index in [0.717, 1.165) is 6.07 Å². The Kier molecular flexibility index (Phi) is 3.70. The van der Waals surface area contributed by atoms with Crippen LogP contribution in [0.15, 0.2) is 30.3 Å². The van der Waals surface area contributed by atoms with E-state index in [1.165, 1.54) is 25.3 Å². The molecule has 2 aromatic rings. The lowest BCUT2D eigenvalue weighted by Gasteiger charge is -2.27. The molecule has 0 amide bonds. The van der Waals surface area contributed by atoms with E-state index in [4.69, 9.17) is 4.74 Å². The van der Waals surface area contributed by atoms with Crippen LogP contribution in [0.25, 0.3) is 10.9 Å². The Labute approximate surface area is 119 Å². The Morgan fingerprint density at radius 2 is 1.55 bits per heavy atom. The molecule has 0 N–H and O–H groups in total. The third-order valence-electron chi connectivity index (χ3n) is 2.97. The number of pyridine rings is 1. The van der Waals surface area contributed by atoms with Crippen molar-refractivity contribution in [2.75, 3.05) is 7.11 Å². The van der Waals surface area contributed by atoms with Gasteiger partial charge in [0.1, 0.15) is 11.4 Å². The number of benzene rings is 1. The molecule has 0 fully saturated rings. The Hall–Kier alpha value is -2.06. The molecule has 0 atom stereocenters. The first-order valence-electron chi connectivity index (χ1n) is 5.78. The van der Waals surface area contributed by atoms with E-state index >= 15 is 0 Å². The number of ether oxygens (including phenoxy) is 1. The molecule has 0 spiro atoms. The van der Waals surface area contributed by atoms with Crippen molar-refractivity contribution in [3.8, 4) is 5.75 Å². The summed E-state index contributed by atoms with van der Waals surface area (Å²) in [7, 11) is 1.35. The standard InChI is InChI=1S/C13H8F7NO/c1-22-8-3-4-9-7(6-8)2-5-10(21-9)11(14,15)12(16,17)13(18,19)20/h2-6H,1H3. The number of halogens is 7. The smallest absolute Gasteiger partial charge is 0.460 e. The molecule has 0 saturated carbocycles. The predicted molar refractivity (Wildman–Crippen MR) is 63.2 cm³/mol. The monoisotopic (exact) mass is 327 g/mol. The van der Waals surface area contributed by atoms with Crippen LogP contribution in [-0.2, 0) is 5.92 Å². The van der Waals surface area contributed by atoms with Crippen LogP contribution in [0.5, 0.6) is 5.75 Å². The van der Waals surface area contributed by atoms with Gasteiger partial charge in [0, 0.05) is 5.39 Å². The van der Waals surface area contributed by atoms with Crippen molar-refractivity contribution < 1.29 is 35.5 Å². The fourth-order valence-corrected chi connectivity index (χ4v) is 1.74. The largest absolute Gasteiger partial charge is 0.497 e. The van der Waals surface area contributed by atoms with Gasteiger partial charge in [-0.15, -0.1) is 0 Å². The second kappa shape index (κ2) is 4.99. The molecule has 120 valence electrons. The molecule has 0 aliphatic carbocycles. The van der Waals surface area contributed by atoms with Crippen LogP contribution in [0, 0.1) is 0 Å². The van der Waals surface area contributed by atoms with Crippen LogP contribution in [-0.4, -0.2) is 24.2 Å². The van der Waals surface area contributed by atoms with E-state index in [1.54, 1.807) is 0 Å². The summed E-state index contributed by atoms with van der Waals surface area (Å²) < 4.78 is 94.4. The van der Waals surface area contributed by atoms with Gasteiger partial charge in [0.05, 0.1) is 12.6 Å². The van der Waals surface area contributed by atoms with Crippen LogP contribution in [0.2, 0.25) is 0 Å². The van der Waals surface area contributed by atoms with Gasteiger partial charge < -0.3 is 4.74 Å². The number of fused-ring (bicyclic) bond motifs is 1. The first-order valence-corrected chi connectivity index (χ1v) is 5.78. The van der Waals surface area contributed by atoms with Crippen molar-refractivity contribution >= 4 is 10.9 Å². The normalized spacial score (nSPS) is 13.5. The van der Waals surface area contributed by atoms with Gasteiger partial charge in [-0.25, -0.2) is 4.98 Å². The molecular formula is C13H8F7NO. The summed E-state index contributed by atoms with van der Waals surface area (Å²) >= 11 is 0. The highest BCUT2D eigenvalue weighted by Gasteiger charge is 2.74. The van der Waals surface area contributed by atoms with Crippen LogP contribution < -0.4 is 4.74 Å². The summed E-state index contributed by atoms with van der Waals surface area (Å²) in [4.78, 5) is 3.22. The molecule has 2 rings (SSSR count). The van der Waals surface area contributed by atoms with Crippen LogP contribution >= 0.6 is 0 Å². The van der Waals surface area contributed by atoms with E-state index in [1.807, 2.05) is 0 Å². The summed E-state index contributed by atoms with van der Waals surface area (Å²) in [6, 6.07) is 5.28. The van der Waals surface area contributed by atoms with Crippen molar-refractivity contribution in [3.63, 3.8) is 0 Å². The van der Waals surface area contributed by atoms with E-state index in [-0.39, 0.29) is 10.9 Å². The average Bonchev–Trinajstić information content (AvgIpc) is 2.44. The highest BCUT2D eigenvalue weighted by Crippen LogP contribution is 2.51. The summed E-state index contributed by atoms with van der Waals surface area (Å²) in [5.74, 6) is -11.4. The Morgan fingerprint density at radius 1 is 0.909 bits per heavy atom. The average molecular weight is 327 g/mol. The Bertz CT molecular complexity index is 696. The first kappa shape index (κ1) is 16.3. The quantitative estimate of drug-likeness (QED) is 0.773. The van der Waals surface area contributed by atoms with Crippen LogP contribution in [0.3, 0.4) is 0 Å². The van der Waals surface area contributed by atoms with Gasteiger partial charge >= 0.3 is 18.0 Å². The van der Waals surface area contributed by atoms with E-state index < -0.39 is 23.7 Å². The van der Waals surface area contributed by atoms with Gasteiger partial charge in [-0.2, -0.15) is 30.7 Å². The second-order valence-corrected chi connectivity index (χ2v) is 4.40. The maximum Gasteiger partial charge on any atom is 0.460 e. The lowest BCUT2D eigenvalue weighted by Crippen LogP contribution is -2.50. The van der Waals surface area contributed by atoms with Crippen LogP contribution in [0.4, 0.5) is 30.7 Å². The molecule has 9 heteroatoms.